The molecule has 2 aliphatic rings. The first-order valence-electron chi connectivity index (χ1n) is 10.4. The third kappa shape index (κ3) is 4.76. The molecule has 5 nitrogen and oxygen atoms in total. The van der Waals surface area contributed by atoms with Gasteiger partial charge < -0.3 is 9.64 Å². The van der Waals surface area contributed by atoms with Crippen LogP contribution in [0, 0.1) is 5.92 Å². The van der Waals surface area contributed by atoms with Crippen LogP contribution in [-0.2, 0) is 4.79 Å². The maximum absolute atomic E-state index is 12.5. The number of nitrogens with zero attached hydrogens (tertiary/aromatic N) is 3. The van der Waals surface area contributed by atoms with Crippen molar-refractivity contribution in [2.24, 2.45) is 5.92 Å². The van der Waals surface area contributed by atoms with Crippen molar-refractivity contribution in [3.8, 4) is 5.88 Å². The molecule has 1 aliphatic heterocycles. The summed E-state index contributed by atoms with van der Waals surface area (Å²) in [7, 11) is 0. The number of hydrogen-bond acceptors (Lipinski definition) is 4. The predicted octanol–water partition coefficient (Wildman–Crippen LogP) is 4.36. The number of carbonyl (C=O) groups is 1. The molecule has 5 heteroatoms. The molecule has 1 aromatic heterocycles. The van der Waals surface area contributed by atoms with E-state index in [9.17, 15) is 4.79 Å². The number of ether oxygens (including phenoxy) is 1. The minimum atomic E-state index is 0.114. The summed E-state index contributed by atoms with van der Waals surface area (Å²) in [5.74, 6) is 1.68. The predicted molar refractivity (Wildman–Crippen MR) is 106 cm³/mol. The number of aromatic nitrogens is 2. The van der Waals surface area contributed by atoms with Crippen LogP contribution in [0.2, 0.25) is 0 Å². The van der Waals surface area contributed by atoms with Gasteiger partial charge >= 0.3 is 0 Å². The zero-order chi connectivity index (χ0) is 18.5. The number of likely N-dealkylation sites (tertiary alicyclic amines) is 1. The zero-order valence-electron chi connectivity index (χ0n) is 16.0. The number of para-hydroxylation sites is 2. The SMILES string of the molecule is O=C(CCC1CCCCC1)N1CCC(Oc2cnc3ccccc3n2)CC1. The summed E-state index contributed by atoms with van der Waals surface area (Å²) in [6, 6.07) is 7.81. The molecule has 0 spiro atoms. The Kier molecular flexibility index (Phi) is 5.85. The van der Waals surface area contributed by atoms with Gasteiger partial charge in [-0.05, 0) is 24.5 Å². The summed E-state index contributed by atoms with van der Waals surface area (Å²) in [6.45, 7) is 1.57. The third-order valence-corrected chi connectivity index (χ3v) is 6.00. The van der Waals surface area contributed by atoms with Crippen molar-refractivity contribution in [3.63, 3.8) is 0 Å². The molecule has 144 valence electrons. The van der Waals surface area contributed by atoms with Crippen molar-refractivity contribution in [1.82, 2.24) is 14.9 Å². The Morgan fingerprint density at radius 1 is 1.04 bits per heavy atom. The molecule has 1 aromatic carbocycles. The number of carbonyl (C=O) groups excluding carboxylic acids is 1. The van der Waals surface area contributed by atoms with Crippen LogP contribution in [0.1, 0.15) is 57.8 Å². The number of fused-ring (bicyclic) bond motifs is 1. The second-order valence-electron chi connectivity index (χ2n) is 7.94. The highest BCUT2D eigenvalue weighted by atomic mass is 16.5. The lowest BCUT2D eigenvalue weighted by atomic mass is 9.86. The molecule has 1 saturated carbocycles. The van der Waals surface area contributed by atoms with Crippen molar-refractivity contribution in [2.45, 2.75) is 63.9 Å². The molecule has 2 aromatic rings. The maximum atomic E-state index is 12.5. The second kappa shape index (κ2) is 8.68. The fraction of sp³-hybridized carbons (Fsp3) is 0.591. The molecule has 1 aliphatic carbocycles. The Bertz CT molecular complexity index is 765. The lowest BCUT2D eigenvalue weighted by Gasteiger charge is -2.32. The molecule has 2 heterocycles. The molecule has 0 unspecified atom stereocenters. The van der Waals surface area contributed by atoms with Gasteiger partial charge in [-0.15, -0.1) is 0 Å². The van der Waals surface area contributed by atoms with Gasteiger partial charge in [0.1, 0.15) is 6.10 Å². The number of hydrogen-bond donors (Lipinski definition) is 0. The Balaban J connectivity index is 1.23. The first kappa shape index (κ1) is 18.2. The van der Waals surface area contributed by atoms with Crippen molar-refractivity contribution in [1.29, 1.82) is 0 Å². The summed E-state index contributed by atoms with van der Waals surface area (Å²) in [5, 5.41) is 0. The van der Waals surface area contributed by atoms with Crippen LogP contribution in [-0.4, -0.2) is 40.0 Å². The second-order valence-corrected chi connectivity index (χ2v) is 7.94. The smallest absolute Gasteiger partial charge is 0.233 e. The largest absolute Gasteiger partial charge is 0.473 e. The van der Waals surface area contributed by atoms with E-state index < -0.39 is 0 Å². The highest BCUT2D eigenvalue weighted by Gasteiger charge is 2.25. The van der Waals surface area contributed by atoms with E-state index in [2.05, 4.69) is 9.97 Å². The van der Waals surface area contributed by atoms with E-state index in [1.807, 2.05) is 29.2 Å². The van der Waals surface area contributed by atoms with E-state index in [0.717, 1.165) is 49.3 Å². The lowest BCUT2D eigenvalue weighted by Crippen LogP contribution is -2.41. The standard InChI is InChI=1S/C22H29N3O2/c26-22(11-10-17-6-2-1-3-7-17)25-14-12-18(13-15-25)27-21-16-23-19-8-4-5-9-20(19)24-21/h4-5,8-9,16-18H,1-3,6-7,10-15H2. The van der Waals surface area contributed by atoms with Gasteiger partial charge in [-0.25, -0.2) is 9.97 Å². The van der Waals surface area contributed by atoms with E-state index >= 15 is 0 Å². The van der Waals surface area contributed by atoms with E-state index in [0.29, 0.717) is 18.2 Å². The van der Waals surface area contributed by atoms with E-state index in [1.165, 1.54) is 32.1 Å². The Morgan fingerprint density at radius 3 is 2.56 bits per heavy atom. The Hall–Kier alpha value is -2.17. The zero-order valence-corrected chi connectivity index (χ0v) is 16.0. The van der Waals surface area contributed by atoms with Crippen molar-refractivity contribution >= 4 is 16.9 Å². The van der Waals surface area contributed by atoms with Crippen molar-refractivity contribution < 1.29 is 9.53 Å². The van der Waals surface area contributed by atoms with E-state index in [-0.39, 0.29) is 6.10 Å². The van der Waals surface area contributed by atoms with Crippen LogP contribution in [0.4, 0.5) is 0 Å². The van der Waals surface area contributed by atoms with Gasteiger partial charge in [0.05, 0.1) is 17.2 Å². The number of rotatable bonds is 5. The average molecular weight is 367 g/mol. The van der Waals surface area contributed by atoms with Gasteiger partial charge in [0.2, 0.25) is 11.8 Å². The normalized spacial score (nSPS) is 19.3. The fourth-order valence-corrected chi connectivity index (χ4v) is 4.35. The molecular formula is C22H29N3O2. The van der Waals surface area contributed by atoms with Crippen LogP contribution in [0.5, 0.6) is 5.88 Å². The molecule has 2 fully saturated rings. The topological polar surface area (TPSA) is 55.3 Å². The molecule has 0 radical (unpaired) electrons. The van der Waals surface area contributed by atoms with Crippen molar-refractivity contribution in [3.05, 3.63) is 30.5 Å². The maximum Gasteiger partial charge on any atom is 0.233 e. The highest BCUT2D eigenvalue weighted by molar-refractivity contribution is 5.76. The van der Waals surface area contributed by atoms with Gasteiger partial charge in [0.25, 0.3) is 0 Å². The van der Waals surface area contributed by atoms with E-state index in [4.69, 9.17) is 4.74 Å². The van der Waals surface area contributed by atoms with Crippen LogP contribution in [0.3, 0.4) is 0 Å². The minimum Gasteiger partial charge on any atom is -0.473 e. The van der Waals surface area contributed by atoms with E-state index in [1.54, 1.807) is 6.20 Å². The number of benzene rings is 1. The first-order valence-corrected chi connectivity index (χ1v) is 10.4. The minimum absolute atomic E-state index is 0.114. The molecule has 0 N–H and O–H groups in total. The van der Waals surface area contributed by atoms with Crippen LogP contribution >= 0.6 is 0 Å². The van der Waals surface area contributed by atoms with Gasteiger partial charge in [-0.1, -0.05) is 44.2 Å². The fourth-order valence-electron chi connectivity index (χ4n) is 4.35. The summed E-state index contributed by atoms with van der Waals surface area (Å²) in [6.07, 6.45) is 12.0. The Labute approximate surface area is 161 Å². The highest BCUT2D eigenvalue weighted by Crippen LogP contribution is 2.28. The summed E-state index contributed by atoms with van der Waals surface area (Å²) < 4.78 is 6.04. The number of piperidine rings is 1. The van der Waals surface area contributed by atoms with Gasteiger partial charge in [-0.2, -0.15) is 0 Å². The first-order chi connectivity index (χ1) is 13.3. The molecule has 1 saturated heterocycles. The third-order valence-electron chi connectivity index (χ3n) is 6.00. The molecular weight excluding hydrogens is 338 g/mol. The van der Waals surface area contributed by atoms with Gasteiger partial charge in [0, 0.05) is 32.4 Å². The molecule has 1 amide bonds. The Morgan fingerprint density at radius 2 is 1.78 bits per heavy atom. The monoisotopic (exact) mass is 367 g/mol. The number of amides is 1. The van der Waals surface area contributed by atoms with Gasteiger partial charge in [0.15, 0.2) is 0 Å². The van der Waals surface area contributed by atoms with Crippen LogP contribution < -0.4 is 4.74 Å². The molecule has 27 heavy (non-hydrogen) atoms. The van der Waals surface area contributed by atoms with Crippen molar-refractivity contribution in [2.75, 3.05) is 13.1 Å². The van der Waals surface area contributed by atoms with Gasteiger partial charge in [-0.3, -0.25) is 4.79 Å². The summed E-state index contributed by atoms with van der Waals surface area (Å²) in [4.78, 5) is 23.5. The molecule has 4 rings (SSSR count). The lowest BCUT2D eigenvalue weighted by molar-refractivity contribution is -0.133. The van der Waals surface area contributed by atoms with Crippen LogP contribution in [0.15, 0.2) is 30.5 Å². The van der Waals surface area contributed by atoms with Crippen LogP contribution in [0.25, 0.3) is 11.0 Å². The molecule has 0 bridgehead atoms. The average Bonchev–Trinajstić information content (AvgIpc) is 2.73. The molecule has 0 atom stereocenters. The quantitative estimate of drug-likeness (QED) is 0.788. The summed E-state index contributed by atoms with van der Waals surface area (Å²) in [5.41, 5.74) is 1.73. The summed E-state index contributed by atoms with van der Waals surface area (Å²) >= 11 is 0.